The first-order valence-electron chi connectivity index (χ1n) is 9.65. The van der Waals surface area contributed by atoms with E-state index in [1.165, 1.54) is 6.20 Å². The Morgan fingerprint density at radius 1 is 1.07 bits per heavy atom. The number of thioether (sulfide) groups is 1. The Hall–Kier alpha value is -2.77. The molecule has 0 unspecified atom stereocenters. The van der Waals surface area contributed by atoms with Gasteiger partial charge in [-0.05, 0) is 29.8 Å². The highest BCUT2D eigenvalue weighted by Crippen LogP contribution is 2.24. The van der Waals surface area contributed by atoms with Crippen molar-refractivity contribution >= 4 is 40.9 Å². The molecular formula is C22H21ClN4O2S. The van der Waals surface area contributed by atoms with Gasteiger partial charge >= 0.3 is 0 Å². The summed E-state index contributed by atoms with van der Waals surface area (Å²) in [4.78, 5) is 27.1. The number of anilines is 1. The molecule has 154 valence electrons. The van der Waals surface area contributed by atoms with E-state index in [2.05, 4.69) is 15.5 Å². The Morgan fingerprint density at radius 3 is 2.47 bits per heavy atom. The van der Waals surface area contributed by atoms with Crippen LogP contribution in [-0.4, -0.2) is 51.5 Å². The largest absolute Gasteiger partial charge is 0.341 e. The van der Waals surface area contributed by atoms with E-state index in [0.29, 0.717) is 28.4 Å². The molecule has 1 saturated heterocycles. The van der Waals surface area contributed by atoms with Crippen LogP contribution >= 0.6 is 23.4 Å². The first kappa shape index (κ1) is 20.5. The fourth-order valence-corrected chi connectivity index (χ4v) is 4.33. The Labute approximate surface area is 184 Å². The summed E-state index contributed by atoms with van der Waals surface area (Å²) in [7, 11) is 0. The number of hydrogen-bond acceptors (Lipinski definition) is 4. The van der Waals surface area contributed by atoms with Crippen LogP contribution in [0.2, 0.25) is 5.02 Å². The second-order valence-electron chi connectivity index (χ2n) is 6.99. The molecule has 1 aliphatic heterocycles. The van der Waals surface area contributed by atoms with Gasteiger partial charge in [-0.2, -0.15) is 16.9 Å². The van der Waals surface area contributed by atoms with Gasteiger partial charge < -0.3 is 10.2 Å². The van der Waals surface area contributed by atoms with Crippen molar-refractivity contribution in [3.8, 4) is 11.3 Å². The van der Waals surface area contributed by atoms with Crippen molar-refractivity contribution in [1.82, 2.24) is 15.1 Å². The molecule has 2 heterocycles. The minimum absolute atomic E-state index is 0.151. The molecule has 0 spiro atoms. The number of benzene rings is 2. The van der Waals surface area contributed by atoms with E-state index in [0.717, 1.165) is 35.7 Å². The summed E-state index contributed by atoms with van der Waals surface area (Å²) in [6, 6.07) is 14.6. The van der Waals surface area contributed by atoms with Gasteiger partial charge in [-0.3, -0.25) is 14.7 Å². The van der Waals surface area contributed by atoms with Crippen LogP contribution in [0.3, 0.4) is 0 Å². The van der Waals surface area contributed by atoms with Crippen molar-refractivity contribution < 1.29 is 9.59 Å². The molecule has 0 atom stereocenters. The van der Waals surface area contributed by atoms with E-state index in [1.807, 2.05) is 53.1 Å². The molecule has 1 fully saturated rings. The Kier molecular flexibility index (Phi) is 6.40. The summed E-state index contributed by atoms with van der Waals surface area (Å²) in [5.41, 5.74) is 3.49. The maximum absolute atomic E-state index is 12.7. The molecule has 2 amide bonds. The molecule has 6 nitrogen and oxygen atoms in total. The molecule has 1 aromatic heterocycles. The molecule has 0 bridgehead atoms. The third-order valence-corrected chi connectivity index (χ3v) is 6.14. The van der Waals surface area contributed by atoms with Crippen LogP contribution in [0.4, 0.5) is 5.69 Å². The molecule has 0 saturated carbocycles. The van der Waals surface area contributed by atoms with Gasteiger partial charge in [0.1, 0.15) is 0 Å². The second-order valence-corrected chi connectivity index (χ2v) is 8.65. The summed E-state index contributed by atoms with van der Waals surface area (Å²) in [5, 5.41) is 10.4. The van der Waals surface area contributed by atoms with Crippen LogP contribution in [0.1, 0.15) is 15.9 Å². The van der Waals surface area contributed by atoms with E-state index in [9.17, 15) is 9.59 Å². The average molecular weight is 441 g/mol. The zero-order valence-electron chi connectivity index (χ0n) is 16.2. The number of rotatable bonds is 5. The summed E-state index contributed by atoms with van der Waals surface area (Å²) >= 11 is 7.82. The Balaban J connectivity index is 1.40. The molecule has 0 aliphatic carbocycles. The standard InChI is InChI=1S/C22H21ClN4O2S/c23-17-5-3-16(4-6-17)21-19(14-24-26-21)22(29)25-18-7-1-15(2-8-18)13-20(28)27-9-11-30-12-10-27/h1-8,14H,9-13H2,(H,24,26)(H,25,29). The van der Waals surface area contributed by atoms with Crippen molar-refractivity contribution in [1.29, 1.82) is 0 Å². The maximum atomic E-state index is 12.7. The van der Waals surface area contributed by atoms with Gasteiger partial charge in [0.2, 0.25) is 5.91 Å². The quantitative estimate of drug-likeness (QED) is 0.626. The zero-order valence-corrected chi connectivity index (χ0v) is 17.8. The van der Waals surface area contributed by atoms with Crippen molar-refractivity contribution in [2.75, 3.05) is 29.9 Å². The number of halogens is 1. The number of amides is 2. The molecule has 1 aliphatic rings. The summed E-state index contributed by atoms with van der Waals surface area (Å²) in [5.74, 6) is 1.90. The van der Waals surface area contributed by atoms with Crippen molar-refractivity contribution in [2.45, 2.75) is 6.42 Å². The zero-order chi connectivity index (χ0) is 20.9. The van der Waals surface area contributed by atoms with Crippen LogP contribution in [0.15, 0.2) is 54.7 Å². The molecule has 4 rings (SSSR count). The van der Waals surface area contributed by atoms with E-state index >= 15 is 0 Å². The van der Waals surface area contributed by atoms with Gasteiger partial charge in [0.25, 0.3) is 5.91 Å². The van der Waals surface area contributed by atoms with Crippen molar-refractivity contribution in [3.05, 3.63) is 70.9 Å². The molecule has 3 aromatic rings. The van der Waals surface area contributed by atoms with Crippen LogP contribution in [0, 0.1) is 0 Å². The first-order valence-corrected chi connectivity index (χ1v) is 11.2. The Bertz CT molecular complexity index is 1030. The van der Waals surface area contributed by atoms with Crippen LogP contribution in [0.25, 0.3) is 11.3 Å². The van der Waals surface area contributed by atoms with Gasteiger partial charge in [-0.25, -0.2) is 0 Å². The monoisotopic (exact) mass is 440 g/mol. The highest BCUT2D eigenvalue weighted by Gasteiger charge is 2.18. The fraction of sp³-hybridized carbons (Fsp3) is 0.227. The fourth-order valence-electron chi connectivity index (χ4n) is 3.30. The number of nitrogens with one attached hydrogen (secondary N) is 2. The molecule has 2 N–H and O–H groups in total. The predicted octanol–water partition coefficient (Wildman–Crippen LogP) is 4.10. The summed E-state index contributed by atoms with van der Waals surface area (Å²) in [6.07, 6.45) is 1.88. The Morgan fingerprint density at radius 2 is 1.77 bits per heavy atom. The summed E-state index contributed by atoms with van der Waals surface area (Å²) < 4.78 is 0. The number of hydrogen-bond donors (Lipinski definition) is 2. The van der Waals surface area contributed by atoms with Gasteiger partial charge in [-0.15, -0.1) is 0 Å². The number of nitrogens with zero attached hydrogens (tertiary/aromatic N) is 2. The van der Waals surface area contributed by atoms with E-state index in [1.54, 1.807) is 12.1 Å². The highest BCUT2D eigenvalue weighted by atomic mass is 35.5. The SMILES string of the molecule is O=C(Nc1ccc(CC(=O)N2CCSCC2)cc1)c1cn[nH]c1-c1ccc(Cl)cc1. The second kappa shape index (κ2) is 9.36. The third-order valence-electron chi connectivity index (χ3n) is 4.95. The predicted molar refractivity (Wildman–Crippen MR) is 121 cm³/mol. The van der Waals surface area contributed by atoms with Crippen molar-refractivity contribution in [3.63, 3.8) is 0 Å². The average Bonchev–Trinajstić information content (AvgIpc) is 3.26. The molecular weight excluding hydrogens is 420 g/mol. The maximum Gasteiger partial charge on any atom is 0.259 e. The summed E-state index contributed by atoms with van der Waals surface area (Å²) in [6.45, 7) is 1.64. The van der Waals surface area contributed by atoms with Gasteiger partial charge in [-0.1, -0.05) is 35.9 Å². The van der Waals surface area contributed by atoms with Crippen molar-refractivity contribution in [2.24, 2.45) is 0 Å². The minimum Gasteiger partial charge on any atom is -0.341 e. The lowest BCUT2D eigenvalue weighted by atomic mass is 10.1. The highest BCUT2D eigenvalue weighted by molar-refractivity contribution is 7.99. The van der Waals surface area contributed by atoms with E-state index in [-0.39, 0.29) is 11.8 Å². The van der Waals surface area contributed by atoms with Gasteiger partial charge in [0.05, 0.1) is 23.9 Å². The molecule has 8 heteroatoms. The van der Waals surface area contributed by atoms with Crippen LogP contribution in [-0.2, 0) is 11.2 Å². The number of aromatic amines is 1. The van der Waals surface area contributed by atoms with Crippen LogP contribution < -0.4 is 5.32 Å². The normalized spacial score (nSPS) is 13.8. The number of H-pyrrole nitrogens is 1. The topological polar surface area (TPSA) is 78.1 Å². The van der Waals surface area contributed by atoms with Crippen LogP contribution in [0.5, 0.6) is 0 Å². The van der Waals surface area contributed by atoms with Gasteiger partial charge in [0.15, 0.2) is 0 Å². The number of aromatic nitrogens is 2. The molecule has 0 radical (unpaired) electrons. The smallest absolute Gasteiger partial charge is 0.259 e. The minimum atomic E-state index is -0.261. The lowest BCUT2D eigenvalue weighted by molar-refractivity contribution is -0.130. The molecule has 30 heavy (non-hydrogen) atoms. The first-order chi connectivity index (χ1) is 14.6. The lowest BCUT2D eigenvalue weighted by Crippen LogP contribution is -2.38. The number of carbonyl (C=O) groups excluding carboxylic acids is 2. The van der Waals surface area contributed by atoms with E-state index < -0.39 is 0 Å². The number of carbonyl (C=O) groups is 2. The molecule has 2 aromatic carbocycles. The third kappa shape index (κ3) is 4.86. The lowest BCUT2D eigenvalue weighted by Gasteiger charge is -2.26. The van der Waals surface area contributed by atoms with Gasteiger partial charge in [0, 0.05) is 40.9 Å². The van der Waals surface area contributed by atoms with E-state index in [4.69, 9.17) is 11.6 Å².